The maximum atomic E-state index is 11.9. The summed E-state index contributed by atoms with van der Waals surface area (Å²) in [6.07, 6.45) is 0. The predicted molar refractivity (Wildman–Crippen MR) is 79.1 cm³/mol. The summed E-state index contributed by atoms with van der Waals surface area (Å²) >= 11 is 6.00. The zero-order chi connectivity index (χ0) is 15.4. The van der Waals surface area contributed by atoms with E-state index in [0.29, 0.717) is 16.3 Å². The molecule has 0 saturated heterocycles. The topological polar surface area (TPSA) is 69.4 Å². The largest absolute Gasteiger partial charge is 0.484 e. The fourth-order valence-corrected chi connectivity index (χ4v) is 2.01. The van der Waals surface area contributed by atoms with Gasteiger partial charge in [-0.1, -0.05) is 17.7 Å². The third-order valence-corrected chi connectivity index (χ3v) is 3.14. The average molecular weight is 306 g/mol. The SMILES string of the molecule is Cc1ccc(OCC(=O)c2ccc([N+](=O)[O-])cc2)c(Cl)c1. The van der Waals surface area contributed by atoms with Crippen LogP contribution in [0.4, 0.5) is 5.69 Å². The van der Waals surface area contributed by atoms with Crippen molar-refractivity contribution >= 4 is 23.1 Å². The highest BCUT2D eigenvalue weighted by atomic mass is 35.5. The van der Waals surface area contributed by atoms with E-state index in [2.05, 4.69) is 0 Å². The second-order valence-electron chi connectivity index (χ2n) is 4.45. The molecule has 2 aromatic carbocycles. The second kappa shape index (κ2) is 6.37. The molecule has 0 aliphatic carbocycles. The third kappa shape index (κ3) is 3.79. The van der Waals surface area contributed by atoms with Gasteiger partial charge in [-0.05, 0) is 36.8 Å². The Morgan fingerprint density at radius 3 is 2.48 bits per heavy atom. The molecule has 0 fully saturated rings. The van der Waals surface area contributed by atoms with Crippen LogP contribution >= 0.6 is 11.6 Å². The normalized spacial score (nSPS) is 10.2. The number of carbonyl (C=O) groups is 1. The standard InChI is InChI=1S/C15H12ClNO4/c1-10-2-7-15(13(16)8-10)21-9-14(18)11-3-5-12(6-4-11)17(19)20/h2-8H,9H2,1H3. The number of hydrogen-bond acceptors (Lipinski definition) is 4. The van der Waals surface area contributed by atoms with E-state index in [-0.39, 0.29) is 18.1 Å². The monoisotopic (exact) mass is 305 g/mol. The van der Waals surface area contributed by atoms with Crippen LogP contribution in [0.3, 0.4) is 0 Å². The number of ether oxygens (including phenoxy) is 1. The number of Topliss-reactive ketones (excluding diaryl/α,β-unsaturated/α-hetero) is 1. The van der Waals surface area contributed by atoms with E-state index in [1.54, 1.807) is 12.1 Å². The summed E-state index contributed by atoms with van der Waals surface area (Å²) in [5, 5.41) is 11.0. The number of nitrogens with zero attached hydrogens (tertiary/aromatic N) is 1. The molecule has 0 aliphatic heterocycles. The minimum absolute atomic E-state index is 0.0611. The number of nitro groups is 1. The first-order valence-electron chi connectivity index (χ1n) is 6.14. The summed E-state index contributed by atoms with van der Waals surface area (Å²) in [4.78, 5) is 22.0. The van der Waals surface area contributed by atoms with Crippen LogP contribution in [0.1, 0.15) is 15.9 Å². The fraction of sp³-hybridized carbons (Fsp3) is 0.133. The molecule has 21 heavy (non-hydrogen) atoms. The number of rotatable bonds is 5. The first-order valence-corrected chi connectivity index (χ1v) is 6.52. The van der Waals surface area contributed by atoms with Gasteiger partial charge < -0.3 is 4.74 Å². The zero-order valence-corrected chi connectivity index (χ0v) is 12.0. The summed E-state index contributed by atoms with van der Waals surface area (Å²) < 4.78 is 5.37. The highest BCUT2D eigenvalue weighted by Crippen LogP contribution is 2.25. The smallest absolute Gasteiger partial charge is 0.269 e. The Morgan fingerprint density at radius 1 is 1.24 bits per heavy atom. The lowest BCUT2D eigenvalue weighted by molar-refractivity contribution is -0.384. The lowest BCUT2D eigenvalue weighted by Gasteiger charge is -2.08. The number of benzene rings is 2. The van der Waals surface area contributed by atoms with Crippen molar-refractivity contribution in [3.8, 4) is 5.75 Å². The van der Waals surface area contributed by atoms with Crippen LogP contribution in [-0.4, -0.2) is 17.3 Å². The van der Waals surface area contributed by atoms with Crippen molar-refractivity contribution in [1.82, 2.24) is 0 Å². The highest BCUT2D eigenvalue weighted by Gasteiger charge is 2.11. The Labute approximate surface area is 126 Å². The molecule has 0 heterocycles. The maximum absolute atomic E-state index is 11.9. The first kappa shape index (κ1) is 15.0. The molecule has 2 aromatic rings. The molecule has 0 spiro atoms. The third-order valence-electron chi connectivity index (χ3n) is 2.85. The number of carbonyl (C=O) groups excluding carboxylic acids is 1. The van der Waals surface area contributed by atoms with Gasteiger partial charge in [0.15, 0.2) is 12.4 Å². The minimum Gasteiger partial charge on any atom is -0.484 e. The summed E-state index contributed by atoms with van der Waals surface area (Å²) in [6.45, 7) is 1.72. The van der Waals surface area contributed by atoms with Gasteiger partial charge in [0.05, 0.1) is 9.95 Å². The van der Waals surface area contributed by atoms with Crippen molar-refractivity contribution in [2.45, 2.75) is 6.92 Å². The van der Waals surface area contributed by atoms with Gasteiger partial charge in [-0.3, -0.25) is 14.9 Å². The first-order chi connectivity index (χ1) is 9.97. The molecule has 0 saturated carbocycles. The molecule has 6 heteroatoms. The zero-order valence-electron chi connectivity index (χ0n) is 11.2. The summed E-state index contributed by atoms with van der Waals surface area (Å²) in [5.41, 5.74) is 1.28. The van der Waals surface area contributed by atoms with Crippen LogP contribution in [0.5, 0.6) is 5.75 Å². The van der Waals surface area contributed by atoms with Gasteiger partial charge >= 0.3 is 0 Å². The van der Waals surface area contributed by atoms with E-state index >= 15 is 0 Å². The molecule has 0 aromatic heterocycles. The molecule has 0 N–H and O–H groups in total. The number of ketones is 1. The Kier molecular flexibility index (Phi) is 4.55. The number of hydrogen-bond donors (Lipinski definition) is 0. The molecule has 0 atom stereocenters. The highest BCUT2D eigenvalue weighted by molar-refractivity contribution is 6.32. The minimum atomic E-state index is -0.517. The maximum Gasteiger partial charge on any atom is 0.269 e. The van der Waals surface area contributed by atoms with Gasteiger partial charge in [-0.15, -0.1) is 0 Å². The molecule has 0 unspecified atom stereocenters. The molecular formula is C15H12ClNO4. The Hall–Kier alpha value is -2.40. The molecule has 108 valence electrons. The number of halogens is 1. The summed E-state index contributed by atoms with van der Waals surface area (Å²) in [7, 11) is 0. The van der Waals surface area contributed by atoms with Crippen molar-refractivity contribution in [3.05, 3.63) is 68.7 Å². The van der Waals surface area contributed by atoms with Crippen molar-refractivity contribution < 1.29 is 14.5 Å². The van der Waals surface area contributed by atoms with Crippen LogP contribution < -0.4 is 4.74 Å². The molecule has 0 radical (unpaired) electrons. The van der Waals surface area contributed by atoms with Gasteiger partial charge in [-0.2, -0.15) is 0 Å². The number of non-ortho nitro benzene ring substituents is 1. The Morgan fingerprint density at radius 2 is 1.90 bits per heavy atom. The molecule has 0 aliphatic rings. The number of aryl methyl sites for hydroxylation is 1. The Balaban J connectivity index is 2.02. The van der Waals surface area contributed by atoms with Crippen molar-refractivity contribution in [1.29, 1.82) is 0 Å². The lowest BCUT2D eigenvalue weighted by atomic mass is 10.1. The van der Waals surface area contributed by atoms with Crippen LogP contribution in [0.25, 0.3) is 0 Å². The van der Waals surface area contributed by atoms with Crippen molar-refractivity contribution in [2.24, 2.45) is 0 Å². The van der Waals surface area contributed by atoms with Crippen LogP contribution in [0.2, 0.25) is 5.02 Å². The van der Waals surface area contributed by atoms with E-state index in [1.165, 1.54) is 24.3 Å². The van der Waals surface area contributed by atoms with Crippen LogP contribution in [0, 0.1) is 17.0 Å². The van der Waals surface area contributed by atoms with Gasteiger partial charge in [-0.25, -0.2) is 0 Å². The average Bonchev–Trinajstić information content (AvgIpc) is 2.46. The van der Waals surface area contributed by atoms with E-state index < -0.39 is 4.92 Å². The summed E-state index contributed by atoms with van der Waals surface area (Å²) in [6, 6.07) is 10.6. The fourth-order valence-electron chi connectivity index (χ4n) is 1.72. The van der Waals surface area contributed by atoms with E-state index in [4.69, 9.17) is 16.3 Å². The van der Waals surface area contributed by atoms with E-state index in [0.717, 1.165) is 5.56 Å². The van der Waals surface area contributed by atoms with Gasteiger partial charge in [0.25, 0.3) is 5.69 Å². The Bertz CT molecular complexity index is 683. The van der Waals surface area contributed by atoms with E-state index in [1.807, 2.05) is 13.0 Å². The molecule has 0 amide bonds. The van der Waals surface area contributed by atoms with Crippen molar-refractivity contribution in [2.75, 3.05) is 6.61 Å². The molecule has 2 rings (SSSR count). The molecule has 5 nitrogen and oxygen atoms in total. The van der Waals surface area contributed by atoms with E-state index in [9.17, 15) is 14.9 Å². The van der Waals surface area contributed by atoms with Gasteiger partial charge in [0, 0.05) is 17.7 Å². The molecular weight excluding hydrogens is 294 g/mol. The second-order valence-corrected chi connectivity index (χ2v) is 4.86. The summed E-state index contributed by atoms with van der Waals surface area (Å²) in [5.74, 6) is 0.152. The van der Waals surface area contributed by atoms with Gasteiger partial charge in [0.2, 0.25) is 0 Å². The van der Waals surface area contributed by atoms with Crippen LogP contribution in [0.15, 0.2) is 42.5 Å². The number of nitro benzene ring substituents is 1. The van der Waals surface area contributed by atoms with Gasteiger partial charge in [0.1, 0.15) is 5.75 Å². The lowest BCUT2D eigenvalue weighted by Crippen LogP contribution is -2.11. The quantitative estimate of drug-likeness (QED) is 0.478. The molecule has 0 bridgehead atoms. The van der Waals surface area contributed by atoms with Crippen LogP contribution in [-0.2, 0) is 0 Å². The predicted octanol–water partition coefficient (Wildman–Crippen LogP) is 3.82. The van der Waals surface area contributed by atoms with Crippen molar-refractivity contribution in [3.63, 3.8) is 0 Å².